The molecule has 0 aromatic carbocycles. The zero-order chi connectivity index (χ0) is 21.0. The van der Waals surface area contributed by atoms with Crippen molar-refractivity contribution in [3.05, 3.63) is 36.0 Å². The Balaban J connectivity index is 1.21. The molecule has 3 aliphatic heterocycles. The molecule has 3 aliphatic rings. The van der Waals surface area contributed by atoms with Crippen LogP contribution in [0.2, 0.25) is 0 Å². The molecule has 9 nitrogen and oxygen atoms in total. The van der Waals surface area contributed by atoms with E-state index in [1.54, 1.807) is 12.4 Å². The Morgan fingerprint density at radius 3 is 2.74 bits per heavy atom. The standard InChI is InChI=1S/C22H29N7O2/c30-21(28-8-1-2-9-28)19-13-23-14-20(26-19)25-17-4-10-29(15-17)22-24-7-3-18(27-22)16-5-11-31-12-6-16/h3,7,13-14,16-17H,1-2,4-6,8-12,15H2,(H,25,26). The van der Waals surface area contributed by atoms with Crippen molar-refractivity contribution in [2.45, 2.75) is 44.1 Å². The van der Waals surface area contributed by atoms with Gasteiger partial charge in [-0.05, 0) is 38.2 Å². The molecule has 1 atom stereocenters. The largest absolute Gasteiger partial charge is 0.381 e. The maximum Gasteiger partial charge on any atom is 0.274 e. The van der Waals surface area contributed by atoms with Gasteiger partial charge in [0.1, 0.15) is 11.5 Å². The van der Waals surface area contributed by atoms with Crippen molar-refractivity contribution >= 4 is 17.7 Å². The van der Waals surface area contributed by atoms with E-state index in [9.17, 15) is 4.79 Å². The summed E-state index contributed by atoms with van der Waals surface area (Å²) < 4.78 is 5.48. The molecular formula is C22H29N7O2. The van der Waals surface area contributed by atoms with E-state index in [2.05, 4.69) is 25.2 Å². The molecule has 0 aliphatic carbocycles. The lowest BCUT2D eigenvalue weighted by Crippen LogP contribution is -2.30. The number of carbonyl (C=O) groups is 1. The smallest absolute Gasteiger partial charge is 0.274 e. The molecule has 3 saturated heterocycles. The van der Waals surface area contributed by atoms with Crippen LogP contribution in [-0.2, 0) is 4.74 Å². The number of nitrogens with one attached hydrogen (secondary N) is 1. The summed E-state index contributed by atoms with van der Waals surface area (Å²) >= 11 is 0. The molecule has 1 N–H and O–H groups in total. The molecule has 3 fully saturated rings. The van der Waals surface area contributed by atoms with Gasteiger partial charge in [-0.25, -0.2) is 15.0 Å². The van der Waals surface area contributed by atoms with Crippen LogP contribution in [0.15, 0.2) is 24.7 Å². The highest BCUT2D eigenvalue weighted by Crippen LogP contribution is 2.27. The molecule has 2 aromatic heterocycles. The highest BCUT2D eigenvalue weighted by Gasteiger charge is 2.27. The minimum absolute atomic E-state index is 0.0278. The van der Waals surface area contributed by atoms with Crippen LogP contribution >= 0.6 is 0 Å². The van der Waals surface area contributed by atoms with E-state index < -0.39 is 0 Å². The molecule has 164 valence electrons. The van der Waals surface area contributed by atoms with Gasteiger partial charge in [-0.1, -0.05) is 0 Å². The molecule has 0 spiro atoms. The second-order valence-corrected chi connectivity index (χ2v) is 8.53. The number of hydrogen-bond acceptors (Lipinski definition) is 8. The first-order valence-electron chi connectivity index (χ1n) is 11.3. The van der Waals surface area contributed by atoms with E-state index >= 15 is 0 Å². The van der Waals surface area contributed by atoms with Crippen LogP contribution in [-0.4, -0.2) is 76.2 Å². The van der Waals surface area contributed by atoms with Gasteiger partial charge < -0.3 is 19.9 Å². The van der Waals surface area contributed by atoms with Gasteiger partial charge in [-0.3, -0.25) is 9.78 Å². The summed E-state index contributed by atoms with van der Waals surface area (Å²) in [6.45, 7) is 4.91. The first-order valence-corrected chi connectivity index (χ1v) is 11.3. The average Bonchev–Trinajstić information content (AvgIpc) is 3.52. The number of ether oxygens (including phenoxy) is 1. The lowest BCUT2D eigenvalue weighted by Gasteiger charge is -2.23. The normalized spacial score (nSPS) is 22.1. The van der Waals surface area contributed by atoms with Crippen molar-refractivity contribution in [2.24, 2.45) is 0 Å². The maximum absolute atomic E-state index is 12.6. The number of amides is 1. The van der Waals surface area contributed by atoms with Crippen molar-refractivity contribution in [3.63, 3.8) is 0 Å². The number of nitrogens with zero attached hydrogens (tertiary/aromatic N) is 6. The van der Waals surface area contributed by atoms with E-state index in [0.29, 0.717) is 17.4 Å². The lowest BCUT2D eigenvalue weighted by molar-refractivity contribution is 0.0786. The highest BCUT2D eigenvalue weighted by molar-refractivity contribution is 5.92. The summed E-state index contributed by atoms with van der Waals surface area (Å²) in [5.74, 6) is 1.87. The molecule has 1 unspecified atom stereocenters. The fraction of sp³-hybridized carbons (Fsp3) is 0.591. The van der Waals surface area contributed by atoms with Gasteiger partial charge in [-0.15, -0.1) is 0 Å². The summed E-state index contributed by atoms with van der Waals surface area (Å²) in [6.07, 6.45) is 10.2. The quantitative estimate of drug-likeness (QED) is 0.781. The van der Waals surface area contributed by atoms with Gasteiger partial charge in [0.25, 0.3) is 5.91 Å². The predicted molar refractivity (Wildman–Crippen MR) is 116 cm³/mol. The van der Waals surface area contributed by atoms with Crippen molar-refractivity contribution < 1.29 is 9.53 Å². The van der Waals surface area contributed by atoms with Gasteiger partial charge in [0.05, 0.1) is 12.4 Å². The third kappa shape index (κ3) is 4.61. The lowest BCUT2D eigenvalue weighted by atomic mass is 9.96. The van der Waals surface area contributed by atoms with E-state index in [4.69, 9.17) is 9.72 Å². The molecule has 31 heavy (non-hydrogen) atoms. The first-order chi connectivity index (χ1) is 15.3. The maximum atomic E-state index is 12.6. The van der Waals surface area contributed by atoms with Gasteiger partial charge in [0, 0.05) is 63.2 Å². The van der Waals surface area contributed by atoms with Crippen molar-refractivity contribution in [2.75, 3.05) is 49.6 Å². The number of carbonyl (C=O) groups excluding carboxylic acids is 1. The van der Waals surface area contributed by atoms with Gasteiger partial charge in [0.2, 0.25) is 5.95 Å². The van der Waals surface area contributed by atoms with E-state index in [0.717, 1.165) is 83.1 Å². The Bertz CT molecular complexity index is 912. The van der Waals surface area contributed by atoms with Crippen LogP contribution < -0.4 is 10.2 Å². The second-order valence-electron chi connectivity index (χ2n) is 8.53. The van der Waals surface area contributed by atoms with Crippen LogP contribution in [0.5, 0.6) is 0 Å². The molecule has 5 heterocycles. The number of rotatable bonds is 5. The fourth-order valence-electron chi connectivity index (χ4n) is 4.62. The van der Waals surface area contributed by atoms with Gasteiger partial charge in [-0.2, -0.15) is 0 Å². The molecule has 9 heteroatoms. The topological polar surface area (TPSA) is 96.4 Å². The number of aromatic nitrogens is 4. The molecule has 1 amide bonds. The van der Waals surface area contributed by atoms with Crippen LogP contribution in [0, 0.1) is 0 Å². The van der Waals surface area contributed by atoms with E-state index in [-0.39, 0.29) is 11.9 Å². The van der Waals surface area contributed by atoms with Crippen LogP contribution in [0.1, 0.15) is 54.2 Å². The van der Waals surface area contributed by atoms with Crippen LogP contribution in [0.3, 0.4) is 0 Å². The third-order valence-corrected chi connectivity index (χ3v) is 6.37. The Labute approximate surface area is 182 Å². The first kappa shape index (κ1) is 20.1. The average molecular weight is 424 g/mol. The SMILES string of the molecule is O=C(c1cncc(NC2CCN(c3nccc(C4CCOCC4)n3)C2)n1)N1CCCC1. The van der Waals surface area contributed by atoms with Crippen molar-refractivity contribution in [3.8, 4) is 0 Å². The predicted octanol–water partition coefficient (Wildman–Crippen LogP) is 2.09. The summed E-state index contributed by atoms with van der Waals surface area (Å²) in [7, 11) is 0. The summed E-state index contributed by atoms with van der Waals surface area (Å²) in [4.78, 5) is 34.8. The molecule has 2 aromatic rings. The summed E-state index contributed by atoms with van der Waals surface area (Å²) in [6, 6.07) is 2.24. The van der Waals surface area contributed by atoms with Crippen LogP contribution in [0.25, 0.3) is 0 Å². The zero-order valence-corrected chi connectivity index (χ0v) is 17.7. The molecule has 0 saturated carbocycles. The summed E-state index contributed by atoms with van der Waals surface area (Å²) in [5.41, 5.74) is 1.53. The van der Waals surface area contributed by atoms with Crippen molar-refractivity contribution in [1.29, 1.82) is 0 Å². The monoisotopic (exact) mass is 423 g/mol. The third-order valence-electron chi connectivity index (χ3n) is 6.37. The Morgan fingerprint density at radius 1 is 1.06 bits per heavy atom. The van der Waals surface area contributed by atoms with E-state index in [1.165, 1.54) is 0 Å². The van der Waals surface area contributed by atoms with Crippen LogP contribution in [0.4, 0.5) is 11.8 Å². The van der Waals surface area contributed by atoms with E-state index in [1.807, 2.05) is 17.2 Å². The fourth-order valence-corrected chi connectivity index (χ4v) is 4.62. The second kappa shape index (κ2) is 9.13. The van der Waals surface area contributed by atoms with Crippen molar-refractivity contribution in [1.82, 2.24) is 24.8 Å². The van der Waals surface area contributed by atoms with Gasteiger partial charge in [0.15, 0.2) is 0 Å². The Morgan fingerprint density at radius 2 is 1.90 bits per heavy atom. The summed E-state index contributed by atoms with van der Waals surface area (Å²) in [5, 5.41) is 3.45. The Hall–Kier alpha value is -2.81. The Kier molecular flexibility index (Phi) is 5.93. The number of hydrogen-bond donors (Lipinski definition) is 1. The molecular weight excluding hydrogens is 394 g/mol. The molecule has 0 bridgehead atoms. The number of anilines is 2. The molecule has 0 radical (unpaired) electrons. The van der Waals surface area contributed by atoms with Gasteiger partial charge >= 0.3 is 0 Å². The molecule has 5 rings (SSSR count). The minimum Gasteiger partial charge on any atom is -0.381 e. The minimum atomic E-state index is -0.0278. The number of likely N-dealkylation sites (tertiary alicyclic amines) is 1. The zero-order valence-electron chi connectivity index (χ0n) is 17.7. The highest BCUT2D eigenvalue weighted by atomic mass is 16.5.